The van der Waals surface area contributed by atoms with E-state index < -0.39 is 0 Å². The molecule has 0 aromatic carbocycles. The second-order valence-corrected chi connectivity index (χ2v) is 4.50. The van der Waals surface area contributed by atoms with Gasteiger partial charge in [-0.15, -0.1) is 21.5 Å². The lowest BCUT2D eigenvalue weighted by Crippen LogP contribution is -2.03. The fraction of sp³-hybridized carbons (Fsp3) is 0.200. The molecule has 0 radical (unpaired) electrons. The lowest BCUT2D eigenvalue weighted by Gasteiger charge is -2.02. The molecule has 0 aliphatic carbocycles. The summed E-state index contributed by atoms with van der Waals surface area (Å²) in [6.07, 6.45) is 3.71. The van der Waals surface area contributed by atoms with Gasteiger partial charge in [-0.05, 0) is 16.7 Å². The fourth-order valence-electron chi connectivity index (χ4n) is 1.61. The molecule has 86 valence electrons. The third-order valence-corrected chi connectivity index (χ3v) is 3.18. The van der Waals surface area contributed by atoms with Gasteiger partial charge in [0.25, 0.3) is 0 Å². The maximum absolute atomic E-state index is 4.35. The molecule has 7 heteroatoms. The lowest BCUT2D eigenvalue weighted by molar-refractivity contribution is 0.625. The highest BCUT2D eigenvalue weighted by atomic mass is 32.1. The van der Waals surface area contributed by atoms with E-state index in [9.17, 15) is 0 Å². The fourth-order valence-corrected chi connectivity index (χ4v) is 2.34. The summed E-state index contributed by atoms with van der Waals surface area (Å²) < 4.78 is 2.02. The van der Waals surface area contributed by atoms with Crippen molar-refractivity contribution in [1.29, 1.82) is 0 Å². The summed E-state index contributed by atoms with van der Waals surface area (Å²) in [4.78, 5) is 6.95. The van der Waals surface area contributed by atoms with Crippen LogP contribution >= 0.6 is 11.3 Å². The topological polar surface area (TPSA) is 61.4 Å². The summed E-state index contributed by atoms with van der Waals surface area (Å²) in [5.41, 5.74) is 0. The van der Waals surface area contributed by atoms with Crippen molar-refractivity contribution < 1.29 is 0 Å². The minimum absolute atomic E-state index is 0.584. The van der Waals surface area contributed by atoms with Gasteiger partial charge in [-0.25, -0.2) is 4.98 Å². The van der Waals surface area contributed by atoms with Crippen LogP contribution in [0, 0.1) is 0 Å². The highest BCUT2D eigenvalue weighted by molar-refractivity contribution is 7.13. The molecule has 0 aliphatic rings. The molecule has 0 saturated carbocycles. The number of nitrogens with zero attached hydrogens (tertiary/aromatic N) is 6. The molecule has 3 aromatic heterocycles. The zero-order valence-corrected chi connectivity index (χ0v) is 10.0. The van der Waals surface area contributed by atoms with Gasteiger partial charge in [0.15, 0.2) is 5.82 Å². The molecule has 6 nitrogen and oxygen atoms in total. The molecule has 0 fully saturated rings. The molecule has 0 bridgehead atoms. The predicted octanol–water partition coefficient (Wildman–Crippen LogP) is 1.18. The van der Waals surface area contributed by atoms with Gasteiger partial charge in [0.1, 0.15) is 5.82 Å². The second-order valence-electron chi connectivity index (χ2n) is 3.55. The number of tetrazole rings is 1. The molecule has 0 atom stereocenters. The molecule has 0 saturated heterocycles. The summed E-state index contributed by atoms with van der Waals surface area (Å²) >= 11 is 1.67. The van der Waals surface area contributed by atoms with Crippen LogP contribution < -0.4 is 0 Å². The summed E-state index contributed by atoms with van der Waals surface area (Å²) in [6.45, 7) is 0.584. The molecule has 3 rings (SSSR count). The zero-order chi connectivity index (χ0) is 11.7. The van der Waals surface area contributed by atoms with Crippen LogP contribution in [0.15, 0.2) is 29.9 Å². The van der Waals surface area contributed by atoms with Crippen LogP contribution in [-0.4, -0.2) is 29.8 Å². The Morgan fingerprint density at radius 3 is 3.06 bits per heavy atom. The molecule has 0 aliphatic heterocycles. The number of aryl methyl sites for hydroxylation is 1. The number of hydrogen-bond acceptors (Lipinski definition) is 5. The standard InChI is InChI=1S/C10H10N6S/c1-15-13-9(12-14-15)7-16-5-4-11-10(16)8-3-2-6-17-8/h2-6H,7H2,1H3. The quantitative estimate of drug-likeness (QED) is 0.696. The van der Waals surface area contributed by atoms with E-state index in [2.05, 4.69) is 20.4 Å². The maximum atomic E-state index is 4.35. The lowest BCUT2D eigenvalue weighted by atomic mass is 10.4. The van der Waals surface area contributed by atoms with Crippen molar-refractivity contribution in [1.82, 2.24) is 29.8 Å². The number of aromatic nitrogens is 6. The first-order chi connectivity index (χ1) is 8.33. The summed E-state index contributed by atoms with van der Waals surface area (Å²) in [7, 11) is 1.75. The number of imidazole rings is 1. The summed E-state index contributed by atoms with van der Waals surface area (Å²) in [6, 6.07) is 4.06. The van der Waals surface area contributed by atoms with Crippen LogP contribution in [0.1, 0.15) is 5.82 Å². The van der Waals surface area contributed by atoms with Crippen LogP contribution in [0.25, 0.3) is 10.7 Å². The Hall–Kier alpha value is -2.02. The zero-order valence-electron chi connectivity index (χ0n) is 9.19. The molecule has 0 amide bonds. The highest BCUT2D eigenvalue weighted by Crippen LogP contribution is 2.22. The molecular weight excluding hydrogens is 236 g/mol. The van der Waals surface area contributed by atoms with Gasteiger partial charge in [0.05, 0.1) is 18.5 Å². The van der Waals surface area contributed by atoms with Crippen LogP contribution in [0.2, 0.25) is 0 Å². The Morgan fingerprint density at radius 1 is 1.41 bits per heavy atom. The molecule has 17 heavy (non-hydrogen) atoms. The van der Waals surface area contributed by atoms with Crippen molar-refractivity contribution >= 4 is 11.3 Å². The smallest absolute Gasteiger partial charge is 0.194 e. The molecule has 3 aromatic rings. The minimum Gasteiger partial charge on any atom is -0.323 e. The third kappa shape index (κ3) is 1.96. The first-order valence-corrected chi connectivity index (χ1v) is 5.99. The Bertz CT molecular complexity index is 608. The van der Waals surface area contributed by atoms with Crippen molar-refractivity contribution in [2.75, 3.05) is 0 Å². The van der Waals surface area contributed by atoms with Crippen molar-refractivity contribution in [2.45, 2.75) is 6.54 Å². The summed E-state index contributed by atoms with van der Waals surface area (Å²) in [5.74, 6) is 1.62. The van der Waals surface area contributed by atoms with Gasteiger partial charge in [-0.1, -0.05) is 6.07 Å². The van der Waals surface area contributed by atoms with Gasteiger partial charge >= 0.3 is 0 Å². The first kappa shape index (κ1) is 10.2. The average Bonchev–Trinajstić information content (AvgIpc) is 3.00. The van der Waals surface area contributed by atoms with Crippen molar-refractivity contribution in [3.63, 3.8) is 0 Å². The van der Waals surface area contributed by atoms with E-state index in [-0.39, 0.29) is 0 Å². The van der Waals surface area contributed by atoms with E-state index in [4.69, 9.17) is 0 Å². The largest absolute Gasteiger partial charge is 0.323 e. The highest BCUT2D eigenvalue weighted by Gasteiger charge is 2.09. The number of hydrogen-bond donors (Lipinski definition) is 0. The maximum Gasteiger partial charge on any atom is 0.194 e. The first-order valence-electron chi connectivity index (χ1n) is 5.11. The van der Waals surface area contributed by atoms with Gasteiger partial charge in [0.2, 0.25) is 0 Å². The van der Waals surface area contributed by atoms with Crippen LogP contribution in [0.5, 0.6) is 0 Å². The average molecular weight is 246 g/mol. The van der Waals surface area contributed by atoms with E-state index in [1.165, 1.54) is 4.80 Å². The minimum atomic E-state index is 0.584. The molecule has 0 spiro atoms. The molecule has 0 N–H and O–H groups in total. The number of rotatable bonds is 3. The van der Waals surface area contributed by atoms with E-state index in [0.29, 0.717) is 12.4 Å². The monoisotopic (exact) mass is 246 g/mol. The van der Waals surface area contributed by atoms with E-state index >= 15 is 0 Å². The molecule has 3 heterocycles. The normalized spacial score (nSPS) is 10.9. The van der Waals surface area contributed by atoms with Gasteiger partial charge in [-0.2, -0.15) is 4.80 Å². The van der Waals surface area contributed by atoms with Crippen LogP contribution in [0.3, 0.4) is 0 Å². The van der Waals surface area contributed by atoms with Gasteiger partial charge in [-0.3, -0.25) is 0 Å². The predicted molar refractivity (Wildman–Crippen MR) is 63.4 cm³/mol. The van der Waals surface area contributed by atoms with Gasteiger partial charge in [0, 0.05) is 12.4 Å². The molecular formula is C10H10N6S. The Morgan fingerprint density at radius 2 is 2.35 bits per heavy atom. The van der Waals surface area contributed by atoms with Crippen molar-refractivity contribution in [2.24, 2.45) is 7.05 Å². The van der Waals surface area contributed by atoms with Crippen LogP contribution in [-0.2, 0) is 13.6 Å². The van der Waals surface area contributed by atoms with Crippen molar-refractivity contribution in [3.8, 4) is 10.7 Å². The Balaban J connectivity index is 1.92. The molecule has 0 unspecified atom stereocenters. The van der Waals surface area contributed by atoms with E-state index in [1.807, 2.05) is 28.3 Å². The van der Waals surface area contributed by atoms with Gasteiger partial charge < -0.3 is 4.57 Å². The Kier molecular flexibility index (Phi) is 2.45. The van der Waals surface area contributed by atoms with E-state index in [0.717, 1.165) is 10.7 Å². The van der Waals surface area contributed by atoms with E-state index in [1.54, 1.807) is 24.6 Å². The summed E-state index contributed by atoms with van der Waals surface area (Å²) in [5, 5.41) is 14.0. The second kappa shape index (κ2) is 4.10. The third-order valence-electron chi connectivity index (χ3n) is 2.32. The number of thiophene rings is 1. The van der Waals surface area contributed by atoms with Crippen molar-refractivity contribution in [3.05, 3.63) is 35.7 Å². The van der Waals surface area contributed by atoms with Crippen LogP contribution in [0.4, 0.5) is 0 Å². The SMILES string of the molecule is Cn1nnc(Cn2ccnc2-c2cccs2)n1. The Labute approximate surface area is 102 Å².